The summed E-state index contributed by atoms with van der Waals surface area (Å²) < 4.78 is 1.42. The molecule has 0 aliphatic rings. The molecule has 2 aromatic carbocycles. The SMILES string of the molecule is C[C@@H](Sc1nnc(-c2ccc(C(C)(C)C)cc2)n1N)C(=O)N(CCC#N)c1ccccc1. The summed E-state index contributed by atoms with van der Waals surface area (Å²) in [6.45, 7) is 8.62. The van der Waals surface area contributed by atoms with E-state index in [4.69, 9.17) is 11.1 Å². The molecule has 0 unspecified atom stereocenters. The molecule has 1 atom stereocenters. The summed E-state index contributed by atoms with van der Waals surface area (Å²) >= 11 is 1.25. The summed E-state index contributed by atoms with van der Waals surface area (Å²) in [5.74, 6) is 6.70. The first-order chi connectivity index (χ1) is 15.2. The molecule has 3 rings (SSSR count). The zero-order valence-electron chi connectivity index (χ0n) is 18.8. The molecule has 8 heteroatoms. The summed E-state index contributed by atoms with van der Waals surface area (Å²) in [6, 6.07) is 19.5. The number of carbonyl (C=O) groups excluding carboxylic acids is 1. The van der Waals surface area contributed by atoms with Crippen LogP contribution >= 0.6 is 11.8 Å². The number of hydrogen-bond acceptors (Lipinski definition) is 6. The molecule has 1 amide bonds. The topological polar surface area (TPSA) is 101 Å². The Balaban J connectivity index is 1.78. The van der Waals surface area contributed by atoms with E-state index in [1.807, 2.05) is 49.4 Å². The number of rotatable bonds is 7. The third kappa shape index (κ3) is 5.29. The van der Waals surface area contributed by atoms with Gasteiger partial charge in [-0.05, 0) is 30.0 Å². The largest absolute Gasteiger partial charge is 0.335 e. The number of carbonyl (C=O) groups is 1. The average molecular weight is 449 g/mol. The molecule has 0 aliphatic heterocycles. The van der Waals surface area contributed by atoms with Gasteiger partial charge in [0.05, 0.1) is 17.7 Å². The number of nitriles is 1. The fraction of sp³-hybridized carbons (Fsp3) is 0.333. The fourth-order valence-corrected chi connectivity index (χ4v) is 4.07. The van der Waals surface area contributed by atoms with Gasteiger partial charge >= 0.3 is 0 Å². The van der Waals surface area contributed by atoms with Crippen LogP contribution < -0.4 is 10.7 Å². The summed E-state index contributed by atoms with van der Waals surface area (Å²) in [5, 5.41) is 17.4. The van der Waals surface area contributed by atoms with Crippen molar-refractivity contribution >= 4 is 23.4 Å². The van der Waals surface area contributed by atoms with E-state index in [1.165, 1.54) is 22.0 Å². The van der Waals surface area contributed by atoms with E-state index in [0.29, 0.717) is 17.5 Å². The third-order valence-corrected chi connectivity index (χ3v) is 6.13. The molecule has 0 aliphatic carbocycles. The molecule has 0 saturated carbocycles. The molecular formula is C24H28N6OS. The second-order valence-electron chi connectivity index (χ2n) is 8.50. The van der Waals surface area contributed by atoms with E-state index in [2.05, 4.69) is 49.2 Å². The fourth-order valence-electron chi connectivity index (χ4n) is 3.24. The van der Waals surface area contributed by atoms with Crippen molar-refractivity contribution in [3.05, 3.63) is 60.2 Å². The molecule has 1 aromatic heterocycles. The zero-order chi connectivity index (χ0) is 23.3. The number of benzene rings is 2. The summed E-state index contributed by atoms with van der Waals surface area (Å²) in [4.78, 5) is 14.8. The lowest BCUT2D eigenvalue weighted by molar-refractivity contribution is -0.117. The normalized spacial score (nSPS) is 12.2. The molecule has 1 heterocycles. The molecule has 0 spiro atoms. The van der Waals surface area contributed by atoms with Crippen molar-refractivity contribution in [1.29, 1.82) is 5.26 Å². The molecule has 166 valence electrons. The Kier molecular flexibility index (Phi) is 7.21. The molecule has 0 fully saturated rings. The van der Waals surface area contributed by atoms with Gasteiger partial charge in [0.15, 0.2) is 5.82 Å². The summed E-state index contributed by atoms with van der Waals surface area (Å²) in [6.07, 6.45) is 0.250. The Hall–Kier alpha value is -3.31. The molecule has 32 heavy (non-hydrogen) atoms. The van der Waals surface area contributed by atoms with Crippen LogP contribution in [-0.4, -0.2) is 32.6 Å². The predicted molar refractivity (Wildman–Crippen MR) is 129 cm³/mol. The zero-order valence-corrected chi connectivity index (χ0v) is 19.6. The van der Waals surface area contributed by atoms with Crippen LogP contribution in [0.2, 0.25) is 0 Å². The van der Waals surface area contributed by atoms with E-state index in [0.717, 1.165) is 11.3 Å². The number of anilines is 1. The molecule has 0 radical (unpaired) electrons. The number of hydrogen-bond donors (Lipinski definition) is 1. The monoisotopic (exact) mass is 448 g/mol. The maximum Gasteiger partial charge on any atom is 0.240 e. The van der Waals surface area contributed by atoms with Gasteiger partial charge in [0.1, 0.15) is 0 Å². The van der Waals surface area contributed by atoms with Crippen LogP contribution in [0.3, 0.4) is 0 Å². The van der Waals surface area contributed by atoms with E-state index < -0.39 is 5.25 Å². The van der Waals surface area contributed by atoms with Crippen molar-refractivity contribution in [1.82, 2.24) is 14.9 Å². The Labute approximate surface area is 193 Å². The highest BCUT2D eigenvalue weighted by atomic mass is 32.2. The van der Waals surface area contributed by atoms with Crippen molar-refractivity contribution in [2.75, 3.05) is 17.3 Å². The Morgan fingerprint density at radius 2 is 1.81 bits per heavy atom. The van der Waals surface area contributed by atoms with Crippen molar-refractivity contribution in [2.45, 2.75) is 49.9 Å². The second-order valence-corrected chi connectivity index (χ2v) is 9.81. The number of nitrogens with two attached hydrogens (primary N) is 1. The molecule has 3 aromatic rings. The minimum Gasteiger partial charge on any atom is -0.335 e. The minimum atomic E-state index is -0.462. The summed E-state index contributed by atoms with van der Waals surface area (Å²) in [5.41, 5.74) is 2.89. The van der Waals surface area contributed by atoms with Gasteiger partial charge in [-0.25, -0.2) is 4.68 Å². The molecule has 7 nitrogen and oxygen atoms in total. The highest BCUT2D eigenvalue weighted by Gasteiger charge is 2.25. The van der Waals surface area contributed by atoms with Crippen LogP contribution in [0.25, 0.3) is 11.4 Å². The smallest absolute Gasteiger partial charge is 0.240 e. The second kappa shape index (κ2) is 9.88. The lowest BCUT2D eigenvalue weighted by atomic mass is 9.87. The van der Waals surface area contributed by atoms with Gasteiger partial charge in [-0.1, -0.05) is 75.0 Å². The number of thioether (sulfide) groups is 1. The molecule has 2 N–H and O–H groups in total. The van der Waals surface area contributed by atoms with Crippen LogP contribution in [0.4, 0.5) is 5.69 Å². The van der Waals surface area contributed by atoms with Gasteiger partial charge in [0.2, 0.25) is 11.1 Å². The van der Waals surface area contributed by atoms with Gasteiger partial charge in [-0.2, -0.15) is 5.26 Å². The Morgan fingerprint density at radius 3 is 2.41 bits per heavy atom. The predicted octanol–water partition coefficient (Wildman–Crippen LogP) is 4.38. The number of nitrogens with zero attached hydrogens (tertiary/aromatic N) is 5. The summed E-state index contributed by atoms with van der Waals surface area (Å²) in [7, 11) is 0. The number of nitrogen functional groups attached to an aromatic ring is 1. The standard InChI is InChI=1S/C24H28N6OS/c1-17(22(31)29(16-8-15-25)20-9-6-5-7-10-20)32-23-28-27-21(30(23)26)18-11-13-19(14-12-18)24(2,3)4/h5-7,9-14,17H,8,16,26H2,1-4H3/t17-/m1/s1. The highest BCUT2D eigenvalue weighted by Crippen LogP contribution is 2.29. The molecule has 0 bridgehead atoms. The lowest BCUT2D eigenvalue weighted by Gasteiger charge is -2.24. The van der Waals surface area contributed by atoms with Gasteiger partial charge < -0.3 is 10.7 Å². The maximum absolute atomic E-state index is 13.2. The third-order valence-electron chi connectivity index (χ3n) is 5.08. The number of para-hydroxylation sites is 1. The first kappa shape index (κ1) is 23.4. The van der Waals surface area contributed by atoms with Crippen molar-refractivity contribution in [3.63, 3.8) is 0 Å². The van der Waals surface area contributed by atoms with E-state index in [-0.39, 0.29) is 17.7 Å². The van der Waals surface area contributed by atoms with Gasteiger partial charge in [-0.15, -0.1) is 10.2 Å². The molecular weight excluding hydrogens is 420 g/mol. The van der Waals surface area contributed by atoms with E-state index in [9.17, 15) is 4.79 Å². The van der Waals surface area contributed by atoms with Gasteiger partial charge in [0, 0.05) is 17.8 Å². The number of amides is 1. The maximum atomic E-state index is 13.2. The van der Waals surface area contributed by atoms with Crippen LogP contribution in [0.1, 0.15) is 39.7 Å². The molecule has 0 saturated heterocycles. The van der Waals surface area contributed by atoms with Crippen LogP contribution in [0.5, 0.6) is 0 Å². The van der Waals surface area contributed by atoms with Crippen molar-refractivity contribution < 1.29 is 4.79 Å². The van der Waals surface area contributed by atoms with Gasteiger partial charge in [-0.3, -0.25) is 4.79 Å². The van der Waals surface area contributed by atoms with Crippen molar-refractivity contribution in [2.24, 2.45) is 0 Å². The van der Waals surface area contributed by atoms with Crippen molar-refractivity contribution in [3.8, 4) is 17.5 Å². The van der Waals surface area contributed by atoms with Gasteiger partial charge in [0.25, 0.3) is 0 Å². The minimum absolute atomic E-state index is 0.0574. The Bertz CT molecular complexity index is 1100. The lowest BCUT2D eigenvalue weighted by Crippen LogP contribution is -2.37. The first-order valence-electron chi connectivity index (χ1n) is 10.4. The van der Waals surface area contributed by atoms with Crippen LogP contribution in [0, 0.1) is 11.3 Å². The van der Waals surface area contributed by atoms with E-state index >= 15 is 0 Å². The van der Waals surface area contributed by atoms with E-state index in [1.54, 1.807) is 4.90 Å². The highest BCUT2D eigenvalue weighted by molar-refractivity contribution is 8.00. The Morgan fingerprint density at radius 1 is 1.16 bits per heavy atom. The van der Waals surface area contributed by atoms with Crippen LogP contribution in [0.15, 0.2) is 59.8 Å². The quantitative estimate of drug-likeness (QED) is 0.425. The first-order valence-corrected chi connectivity index (χ1v) is 11.3. The van der Waals surface area contributed by atoms with Crippen LogP contribution in [-0.2, 0) is 10.2 Å². The number of aromatic nitrogens is 3. The average Bonchev–Trinajstić information content (AvgIpc) is 3.14.